The summed E-state index contributed by atoms with van der Waals surface area (Å²) in [5.41, 5.74) is 5.36. The van der Waals surface area contributed by atoms with Gasteiger partial charge in [-0.3, -0.25) is 9.88 Å². The fourth-order valence-electron chi connectivity index (χ4n) is 5.20. The van der Waals surface area contributed by atoms with Crippen LogP contribution in [-0.2, 0) is 12.2 Å². The molecule has 5 rings (SSSR count). The standard InChI is InChI=1S/C30H34ClN3O2/c1-21-19-33(16-17-34(21)24-11-9-23(31)10-12-24)15-5-7-25-26-6-4-14-32-28(26)20-36-29-13-8-22(18-27(25)29)30(2,3)35/h4,6-14,18,21,35H,5,15-17,19-20H2,1-3H3/b25-7+/t21-/m1/s1. The van der Waals surface area contributed by atoms with Crippen molar-refractivity contribution in [3.63, 3.8) is 0 Å². The summed E-state index contributed by atoms with van der Waals surface area (Å²) < 4.78 is 6.14. The summed E-state index contributed by atoms with van der Waals surface area (Å²) in [6, 6.07) is 18.7. The minimum absolute atomic E-state index is 0.429. The van der Waals surface area contributed by atoms with Crippen molar-refractivity contribution in [1.82, 2.24) is 9.88 Å². The number of piperazine rings is 1. The molecular weight excluding hydrogens is 470 g/mol. The highest BCUT2D eigenvalue weighted by molar-refractivity contribution is 6.30. The Hall–Kier alpha value is -2.86. The molecule has 1 atom stereocenters. The zero-order valence-electron chi connectivity index (χ0n) is 21.2. The van der Waals surface area contributed by atoms with E-state index in [-0.39, 0.29) is 0 Å². The lowest BCUT2D eigenvalue weighted by Crippen LogP contribution is -2.52. The number of hydrogen-bond donors (Lipinski definition) is 1. The van der Waals surface area contributed by atoms with Crippen molar-refractivity contribution in [3.8, 4) is 5.75 Å². The quantitative estimate of drug-likeness (QED) is 0.470. The van der Waals surface area contributed by atoms with Crippen molar-refractivity contribution in [2.75, 3.05) is 31.1 Å². The van der Waals surface area contributed by atoms with Gasteiger partial charge in [0.15, 0.2) is 0 Å². The average molecular weight is 504 g/mol. The molecule has 2 aliphatic heterocycles. The van der Waals surface area contributed by atoms with E-state index in [0.717, 1.165) is 71.3 Å². The van der Waals surface area contributed by atoms with E-state index in [2.05, 4.69) is 52.0 Å². The second kappa shape index (κ2) is 10.3. The predicted octanol–water partition coefficient (Wildman–Crippen LogP) is 5.89. The van der Waals surface area contributed by atoms with Crippen molar-refractivity contribution in [3.05, 3.63) is 94.3 Å². The number of rotatable bonds is 5. The molecule has 2 aliphatic rings. The van der Waals surface area contributed by atoms with E-state index in [1.165, 1.54) is 5.69 Å². The molecule has 0 saturated carbocycles. The number of fused-ring (bicyclic) bond motifs is 2. The number of hydrogen-bond acceptors (Lipinski definition) is 5. The van der Waals surface area contributed by atoms with Gasteiger partial charge in [0, 0.05) is 60.3 Å². The Morgan fingerprint density at radius 1 is 1.11 bits per heavy atom. The van der Waals surface area contributed by atoms with Crippen LogP contribution in [0.25, 0.3) is 5.57 Å². The van der Waals surface area contributed by atoms with Crippen molar-refractivity contribution in [2.24, 2.45) is 0 Å². The van der Waals surface area contributed by atoms with E-state index in [9.17, 15) is 5.11 Å². The highest BCUT2D eigenvalue weighted by Gasteiger charge is 2.25. The zero-order chi connectivity index (χ0) is 25.3. The summed E-state index contributed by atoms with van der Waals surface area (Å²) in [6.07, 6.45) is 5.06. The summed E-state index contributed by atoms with van der Waals surface area (Å²) in [5, 5.41) is 11.4. The molecule has 1 fully saturated rings. The van der Waals surface area contributed by atoms with E-state index >= 15 is 0 Å². The van der Waals surface area contributed by atoms with Crippen molar-refractivity contribution in [1.29, 1.82) is 0 Å². The first-order valence-corrected chi connectivity index (χ1v) is 13.1. The normalized spacial score (nSPS) is 19.4. The predicted molar refractivity (Wildman–Crippen MR) is 147 cm³/mol. The lowest BCUT2D eigenvalue weighted by molar-refractivity contribution is 0.0785. The van der Waals surface area contributed by atoms with Crippen LogP contribution in [0.15, 0.2) is 66.9 Å². The Balaban J connectivity index is 1.35. The maximum atomic E-state index is 10.6. The molecule has 2 aromatic carbocycles. The molecule has 5 nitrogen and oxygen atoms in total. The summed E-state index contributed by atoms with van der Waals surface area (Å²) in [4.78, 5) is 9.60. The molecule has 0 aliphatic carbocycles. The van der Waals surface area contributed by atoms with Crippen LogP contribution in [0.4, 0.5) is 5.69 Å². The van der Waals surface area contributed by atoms with Crippen molar-refractivity contribution >= 4 is 22.9 Å². The van der Waals surface area contributed by atoms with Gasteiger partial charge in [-0.25, -0.2) is 0 Å². The minimum atomic E-state index is -0.926. The van der Waals surface area contributed by atoms with Crippen LogP contribution in [0, 0.1) is 0 Å². The molecule has 36 heavy (non-hydrogen) atoms. The van der Waals surface area contributed by atoms with Gasteiger partial charge in [-0.15, -0.1) is 0 Å². The summed E-state index contributed by atoms with van der Waals surface area (Å²) in [6.45, 7) is 10.4. The third-order valence-corrected chi connectivity index (χ3v) is 7.44. The van der Waals surface area contributed by atoms with Gasteiger partial charge in [-0.05, 0) is 80.8 Å². The largest absolute Gasteiger partial charge is 0.487 e. The number of anilines is 1. The first-order chi connectivity index (χ1) is 17.3. The number of pyridine rings is 1. The van der Waals surface area contributed by atoms with Crippen molar-refractivity contribution < 1.29 is 9.84 Å². The molecule has 0 amide bonds. The second-order valence-corrected chi connectivity index (χ2v) is 10.7. The average Bonchev–Trinajstić information content (AvgIpc) is 3.01. The fourth-order valence-corrected chi connectivity index (χ4v) is 5.33. The monoisotopic (exact) mass is 503 g/mol. The first kappa shape index (κ1) is 24.8. The van der Waals surface area contributed by atoms with Crippen LogP contribution in [0.2, 0.25) is 5.02 Å². The molecule has 0 radical (unpaired) electrons. The van der Waals surface area contributed by atoms with Crippen LogP contribution in [0.5, 0.6) is 5.75 Å². The van der Waals surface area contributed by atoms with Gasteiger partial charge in [0.1, 0.15) is 12.4 Å². The lowest BCUT2D eigenvalue weighted by Gasteiger charge is -2.41. The number of benzene rings is 2. The number of ether oxygens (including phenoxy) is 1. The molecule has 3 aromatic rings. The Labute approximate surface area is 219 Å². The van der Waals surface area contributed by atoms with Crippen molar-refractivity contribution in [2.45, 2.75) is 45.4 Å². The lowest BCUT2D eigenvalue weighted by atomic mass is 9.90. The van der Waals surface area contributed by atoms with Crippen LogP contribution in [-0.4, -0.2) is 47.2 Å². The Bertz CT molecular complexity index is 1250. The highest BCUT2D eigenvalue weighted by Crippen LogP contribution is 2.38. The minimum Gasteiger partial charge on any atom is -0.487 e. The fraction of sp³-hybridized carbons (Fsp3) is 0.367. The Morgan fingerprint density at radius 3 is 2.67 bits per heavy atom. The van der Waals surface area contributed by atoms with Crippen LogP contribution in [0.1, 0.15) is 49.6 Å². The summed E-state index contributed by atoms with van der Waals surface area (Å²) in [5.74, 6) is 0.831. The van der Waals surface area contributed by atoms with Crippen LogP contribution >= 0.6 is 11.6 Å². The van der Waals surface area contributed by atoms with Gasteiger partial charge in [0.05, 0.1) is 11.3 Å². The van der Waals surface area contributed by atoms with E-state index in [1.54, 1.807) is 0 Å². The van der Waals surface area contributed by atoms with Gasteiger partial charge in [-0.1, -0.05) is 29.8 Å². The van der Waals surface area contributed by atoms with Gasteiger partial charge < -0.3 is 14.7 Å². The molecule has 0 bridgehead atoms. The summed E-state index contributed by atoms with van der Waals surface area (Å²) in [7, 11) is 0. The molecule has 6 heteroatoms. The first-order valence-electron chi connectivity index (χ1n) is 12.7. The third-order valence-electron chi connectivity index (χ3n) is 7.18. The number of nitrogens with zero attached hydrogens (tertiary/aromatic N) is 3. The van der Waals surface area contributed by atoms with Gasteiger partial charge in [0.2, 0.25) is 0 Å². The van der Waals surface area contributed by atoms with Crippen LogP contribution < -0.4 is 9.64 Å². The van der Waals surface area contributed by atoms with Gasteiger partial charge in [0.25, 0.3) is 0 Å². The third kappa shape index (κ3) is 5.29. The van der Waals surface area contributed by atoms with Gasteiger partial charge >= 0.3 is 0 Å². The smallest absolute Gasteiger partial charge is 0.131 e. The number of aliphatic hydroxyl groups is 1. The van der Waals surface area contributed by atoms with E-state index in [4.69, 9.17) is 16.3 Å². The maximum absolute atomic E-state index is 10.6. The molecule has 1 saturated heterocycles. The van der Waals surface area contributed by atoms with Gasteiger partial charge in [-0.2, -0.15) is 0 Å². The molecule has 1 N–H and O–H groups in total. The molecule has 0 unspecified atom stereocenters. The van der Waals surface area contributed by atoms with Crippen LogP contribution in [0.3, 0.4) is 0 Å². The highest BCUT2D eigenvalue weighted by atomic mass is 35.5. The topological polar surface area (TPSA) is 48.8 Å². The SMILES string of the molecule is C[C@@H]1CN(CC/C=C2/c3cc(C(C)(C)O)ccc3OCc3ncccc32)CCN1c1ccc(Cl)cc1. The number of aromatic nitrogens is 1. The Morgan fingerprint density at radius 2 is 1.92 bits per heavy atom. The molecule has 3 heterocycles. The number of halogens is 1. The maximum Gasteiger partial charge on any atom is 0.131 e. The zero-order valence-corrected chi connectivity index (χ0v) is 22.0. The molecular formula is C30H34ClN3O2. The summed E-state index contributed by atoms with van der Waals surface area (Å²) >= 11 is 6.08. The van der Waals surface area contributed by atoms with E-state index in [0.29, 0.717) is 12.6 Å². The Kier molecular flexibility index (Phi) is 7.07. The molecule has 188 valence electrons. The molecule has 0 spiro atoms. The molecule has 1 aromatic heterocycles. The second-order valence-electron chi connectivity index (χ2n) is 10.3. The van der Waals surface area contributed by atoms with E-state index in [1.807, 2.05) is 50.4 Å². The van der Waals surface area contributed by atoms with E-state index < -0.39 is 5.60 Å².